The molecule has 1 nitrogen and oxygen atoms in total. The van der Waals surface area contributed by atoms with Crippen LogP contribution in [-0.2, 0) is 12.0 Å². The van der Waals surface area contributed by atoms with Gasteiger partial charge in [0.2, 0.25) is 0 Å². The molecule has 0 aliphatic heterocycles. The molecular formula is C23H24Cl2NP. The zero-order valence-electron chi connectivity index (χ0n) is 15.9. The highest BCUT2D eigenvalue weighted by atomic mass is 35.9. The summed E-state index contributed by atoms with van der Waals surface area (Å²) in [7, 11) is 0. The quantitative estimate of drug-likeness (QED) is 0.385. The van der Waals surface area contributed by atoms with Crippen molar-refractivity contribution in [1.82, 2.24) is 0 Å². The number of anilines is 2. The van der Waals surface area contributed by atoms with Crippen LogP contribution >= 0.6 is 29.1 Å². The zero-order valence-corrected chi connectivity index (χ0v) is 18.3. The molecule has 0 aliphatic carbocycles. The fraction of sp³-hybridized carbons (Fsp3) is 0.217. The molecule has 3 aromatic carbocycles. The molecule has 27 heavy (non-hydrogen) atoms. The molecule has 0 saturated carbocycles. The monoisotopic (exact) mass is 415 g/mol. The van der Waals surface area contributed by atoms with Crippen LogP contribution in [0.1, 0.15) is 31.9 Å². The highest BCUT2D eigenvalue weighted by Gasteiger charge is 2.25. The Bertz CT molecular complexity index is 834. The molecule has 0 spiro atoms. The summed E-state index contributed by atoms with van der Waals surface area (Å²) in [6.45, 7) is 6.07. The Balaban J connectivity index is 2.10. The van der Waals surface area contributed by atoms with Gasteiger partial charge in [-0.25, -0.2) is 0 Å². The summed E-state index contributed by atoms with van der Waals surface area (Å²) < 4.78 is 0. The van der Waals surface area contributed by atoms with Crippen molar-refractivity contribution in [2.45, 2.75) is 32.7 Å². The van der Waals surface area contributed by atoms with E-state index >= 15 is 0 Å². The van der Waals surface area contributed by atoms with Gasteiger partial charge in [0.15, 0.2) is 0 Å². The normalized spacial score (nSPS) is 11.6. The van der Waals surface area contributed by atoms with E-state index in [0.29, 0.717) is 6.54 Å². The third-order valence-corrected chi connectivity index (χ3v) is 6.44. The van der Waals surface area contributed by atoms with E-state index in [1.54, 1.807) is 0 Å². The summed E-state index contributed by atoms with van der Waals surface area (Å²) in [5, 5.41) is 1.08. The molecule has 4 heteroatoms. The fourth-order valence-corrected chi connectivity index (χ4v) is 5.39. The zero-order chi connectivity index (χ0) is 19.4. The van der Waals surface area contributed by atoms with Gasteiger partial charge in [0.05, 0.1) is 0 Å². The van der Waals surface area contributed by atoms with Crippen molar-refractivity contribution in [2.75, 3.05) is 4.90 Å². The van der Waals surface area contributed by atoms with Crippen LogP contribution in [0.15, 0.2) is 78.9 Å². The second-order valence-electron chi connectivity index (χ2n) is 7.55. The topological polar surface area (TPSA) is 3.24 Å². The molecule has 0 aromatic heterocycles. The van der Waals surface area contributed by atoms with Gasteiger partial charge in [0.1, 0.15) is 6.63 Å². The highest BCUT2D eigenvalue weighted by molar-refractivity contribution is 8.09. The maximum Gasteiger partial charge on any atom is 0.117 e. The van der Waals surface area contributed by atoms with E-state index in [4.69, 9.17) is 22.5 Å². The summed E-state index contributed by atoms with van der Waals surface area (Å²) in [6.07, 6.45) is 0. The summed E-state index contributed by atoms with van der Waals surface area (Å²) >= 11 is 13.0. The lowest BCUT2D eigenvalue weighted by atomic mass is 9.86. The lowest BCUT2D eigenvalue weighted by molar-refractivity contribution is 0.593. The predicted octanol–water partition coefficient (Wildman–Crippen LogP) is 7.74. The van der Waals surface area contributed by atoms with Crippen molar-refractivity contribution in [2.24, 2.45) is 0 Å². The van der Waals surface area contributed by atoms with Crippen LogP contribution in [0.2, 0.25) is 0 Å². The first kappa shape index (κ1) is 20.2. The van der Waals surface area contributed by atoms with Gasteiger partial charge in [-0.05, 0) is 40.8 Å². The Morgan fingerprint density at radius 3 is 1.70 bits per heavy atom. The Hall–Kier alpha value is -1.53. The summed E-state index contributed by atoms with van der Waals surface area (Å²) in [5.41, 5.74) is 4.66. The lowest BCUT2D eigenvalue weighted by Crippen LogP contribution is -2.26. The molecule has 0 atom stereocenters. The molecule has 0 aliphatic rings. The number of para-hydroxylation sites is 2. The van der Waals surface area contributed by atoms with E-state index in [9.17, 15) is 0 Å². The maximum absolute atomic E-state index is 6.51. The predicted molar refractivity (Wildman–Crippen MR) is 122 cm³/mol. The van der Waals surface area contributed by atoms with Crippen LogP contribution in [0.3, 0.4) is 0 Å². The molecule has 0 amide bonds. The van der Waals surface area contributed by atoms with Crippen LogP contribution in [0.4, 0.5) is 11.4 Å². The van der Waals surface area contributed by atoms with E-state index < -0.39 is 6.63 Å². The summed E-state index contributed by atoms with van der Waals surface area (Å²) in [4.78, 5) is 2.30. The lowest BCUT2D eigenvalue weighted by Gasteiger charge is -2.29. The first-order chi connectivity index (χ1) is 12.9. The third kappa shape index (κ3) is 4.85. The van der Waals surface area contributed by atoms with E-state index in [1.165, 1.54) is 11.1 Å². The van der Waals surface area contributed by atoms with Crippen molar-refractivity contribution in [3.05, 3.63) is 90.0 Å². The first-order valence-electron chi connectivity index (χ1n) is 8.99. The van der Waals surface area contributed by atoms with Crippen LogP contribution < -0.4 is 10.2 Å². The Morgan fingerprint density at radius 2 is 1.26 bits per heavy atom. The minimum Gasteiger partial charge on any atom is -0.337 e. The SMILES string of the molecule is CC(C)(C)c1cccc(CN(c2ccccc2)c2ccccc2)c1P(Cl)Cl. The van der Waals surface area contributed by atoms with Crippen molar-refractivity contribution < 1.29 is 0 Å². The highest BCUT2D eigenvalue weighted by Crippen LogP contribution is 2.49. The molecule has 0 fully saturated rings. The van der Waals surface area contributed by atoms with Gasteiger partial charge in [-0.15, -0.1) is 0 Å². The Morgan fingerprint density at radius 1 is 0.741 bits per heavy atom. The number of rotatable bonds is 5. The van der Waals surface area contributed by atoms with Crippen molar-refractivity contribution in [3.63, 3.8) is 0 Å². The number of hydrogen-bond acceptors (Lipinski definition) is 1. The summed E-state index contributed by atoms with van der Waals surface area (Å²) in [6, 6.07) is 27.2. The number of benzene rings is 3. The molecule has 3 rings (SSSR count). The Labute approximate surface area is 173 Å². The summed E-state index contributed by atoms with van der Waals surface area (Å²) in [5.74, 6) is 0. The van der Waals surface area contributed by atoms with Gasteiger partial charge in [-0.3, -0.25) is 0 Å². The molecule has 0 bridgehead atoms. The van der Waals surface area contributed by atoms with E-state index in [2.05, 4.69) is 92.4 Å². The average Bonchev–Trinajstić information content (AvgIpc) is 2.66. The average molecular weight is 416 g/mol. The van der Waals surface area contributed by atoms with Crippen molar-refractivity contribution in [1.29, 1.82) is 0 Å². The molecule has 0 N–H and O–H groups in total. The molecule has 0 radical (unpaired) electrons. The smallest absolute Gasteiger partial charge is 0.117 e. The third-order valence-electron chi connectivity index (χ3n) is 4.56. The van der Waals surface area contributed by atoms with E-state index in [1.807, 2.05) is 12.1 Å². The second kappa shape index (κ2) is 8.65. The second-order valence-corrected chi connectivity index (χ2v) is 11.0. The van der Waals surface area contributed by atoms with Gasteiger partial charge in [-0.2, -0.15) is 0 Å². The van der Waals surface area contributed by atoms with Crippen LogP contribution in [-0.4, -0.2) is 0 Å². The molecule has 0 unspecified atom stereocenters. The molecule has 0 saturated heterocycles. The van der Waals surface area contributed by atoms with Crippen LogP contribution in [0.5, 0.6) is 0 Å². The number of nitrogens with zero attached hydrogens (tertiary/aromatic N) is 1. The largest absolute Gasteiger partial charge is 0.337 e. The molecule has 0 heterocycles. The minimum absolute atomic E-state index is 0.0139. The van der Waals surface area contributed by atoms with Gasteiger partial charge in [-0.1, -0.05) is 97.9 Å². The van der Waals surface area contributed by atoms with Gasteiger partial charge in [0.25, 0.3) is 0 Å². The molecular weight excluding hydrogens is 392 g/mol. The van der Waals surface area contributed by atoms with Crippen LogP contribution in [0.25, 0.3) is 0 Å². The van der Waals surface area contributed by atoms with E-state index in [0.717, 1.165) is 16.7 Å². The minimum atomic E-state index is -1.25. The van der Waals surface area contributed by atoms with Crippen molar-refractivity contribution >= 4 is 45.8 Å². The standard InChI is InChI=1S/C23H24Cl2NP/c1-23(2,3)21-16-10-11-18(22(21)27(24)25)17-26(19-12-6-4-7-13-19)20-14-8-5-9-15-20/h4-16H,17H2,1-3H3. The fourth-order valence-electron chi connectivity index (χ4n) is 3.24. The maximum atomic E-state index is 6.51. The number of halogens is 2. The Kier molecular flexibility index (Phi) is 6.48. The van der Waals surface area contributed by atoms with Crippen LogP contribution in [0, 0.1) is 0 Å². The molecule has 140 valence electrons. The molecule has 3 aromatic rings. The number of hydrogen-bond donors (Lipinski definition) is 0. The van der Waals surface area contributed by atoms with Gasteiger partial charge in [0, 0.05) is 23.2 Å². The van der Waals surface area contributed by atoms with Crippen molar-refractivity contribution in [3.8, 4) is 0 Å². The van der Waals surface area contributed by atoms with Gasteiger partial charge < -0.3 is 4.90 Å². The van der Waals surface area contributed by atoms with Gasteiger partial charge >= 0.3 is 0 Å². The van der Waals surface area contributed by atoms with E-state index in [-0.39, 0.29) is 5.41 Å². The first-order valence-corrected chi connectivity index (χ1v) is 12.1.